The zero-order valence-electron chi connectivity index (χ0n) is 13.3. The van der Waals surface area contributed by atoms with E-state index in [9.17, 15) is 13.7 Å². The summed E-state index contributed by atoms with van der Waals surface area (Å²) < 4.78 is 26.8. The van der Waals surface area contributed by atoms with Crippen molar-refractivity contribution in [2.45, 2.75) is 24.8 Å². The third kappa shape index (κ3) is 3.70. The van der Waals surface area contributed by atoms with Crippen molar-refractivity contribution in [2.75, 3.05) is 26.2 Å². The molecule has 1 saturated heterocycles. The predicted octanol–water partition coefficient (Wildman–Crippen LogP) is 1.41. The first-order valence-corrected chi connectivity index (χ1v) is 8.98. The highest BCUT2D eigenvalue weighted by Gasteiger charge is 2.32. The van der Waals surface area contributed by atoms with Crippen molar-refractivity contribution < 1.29 is 8.42 Å². The molecular weight excluding hydrogens is 312 g/mol. The van der Waals surface area contributed by atoms with E-state index in [1.807, 2.05) is 24.8 Å². The Morgan fingerprint density at radius 3 is 2.30 bits per heavy atom. The van der Waals surface area contributed by atoms with Crippen molar-refractivity contribution in [3.05, 3.63) is 29.8 Å². The van der Waals surface area contributed by atoms with Gasteiger partial charge in [-0.3, -0.25) is 4.90 Å². The summed E-state index contributed by atoms with van der Waals surface area (Å²) in [6.45, 7) is 5.75. The van der Waals surface area contributed by atoms with Crippen LogP contribution in [0.5, 0.6) is 0 Å². The van der Waals surface area contributed by atoms with E-state index < -0.39 is 10.0 Å². The van der Waals surface area contributed by atoms with Gasteiger partial charge >= 0.3 is 0 Å². The van der Waals surface area contributed by atoms with Gasteiger partial charge in [0.15, 0.2) is 0 Å². The van der Waals surface area contributed by atoms with Crippen molar-refractivity contribution in [3.8, 4) is 12.1 Å². The van der Waals surface area contributed by atoms with E-state index in [-0.39, 0.29) is 16.9 Å². The molecule has 0 spiro atoms. The normalized spacial score (nSPS) is 18.3. The van der Waals surface area contributed by atoms with Crippen molar-refractivity contribution in [1.29, 1.82) is 10.5 Å². The molecule has 0 N–H and O–H groups in total. The lowest BCUT2D eigenvalue weighted by Gasteiger charge is -2.37. The minimum atomic E-state index is -3.60. The first-order chi connectivity index (χ1) is 10.9. The van der Waals surface area contributed by atoms with Crippen LogP contribution in [0.2, 0.25) is 0 Å². The van der Waals surface area contributed by atoms with Gasteiger partial charge in [0.05, 0.1) is 22.6 Å². The molecule has 0 aliphatic carbocycles. The van der Waals surface area contributed by atoms with Gasteiger partial charge in [-0.05, 0) is 24.1 Å². The minimum Gasteiger partial charge on any atom is -0.285 e. The molecule has 0 amide bonds. The second kappa shape index (κ2) is 7.10. The van der Waals surface area contributed by atoms with Gasteiger partial charge in [-0.25, -0.2) is 8.42 Å². The maximum atomic E-state index is 12.7. The summed E-state index contributed by atoms with van der Waals surface area (Å²) in [6, 6.07) is 10.1. The number of hydrogen-bond donors (Lipinski definition) is 0. The number of nitriles is 2. The third-order valence-electron chi connectivity index (χ3n) is 4.03. The van der Waals surface area contributed by atoms with E-state index in [1.54, 1.807) is 12.1 Å². The van der Waals surface area contributed by atoms with Gasteiger partial charge in [0.1, 0.15) is 6.04 Å². The van der Waals surface area contributed by atoms with Gasteiger partial charge in [0, 0.05) is 26.2 Å². The number of hydrogen-bond acceptors (Lipinski definition) is 5. The average molecular weight is 332 g/mol. The van der Waals surface area contributed by atoms with Gasteiger partial charge in [-0.1, -0.05) is 19.9 Å². The Kier molecular flexibility index (Phi) is 5.38. The number of piperazine rings is 1. The maximum absolute atomic E-state index is 12.7. The van der Waals surface area contributed by atoms with Crippen molar-refractivity contribution in [2.24, 2.45) is 5.92 Å². The van der Waals surface area contributed by atoms with E-state index in [1.165, 1.54) is 16.4 Å². The molecule has 0 unspecified atom stereocenters. The summed E-state index contributed by atoms with van der Waals surface area (Å²) in [4.78, 5) is 2.17. The molecule has 23 heavy (non-hydrogen) atoms. The van der Waals surface area contributed by atoms with Crippen molar-refractivity contribution in [3.63, 3.8) is 0 Å². The van der Waals surface area contributed by atoms with Crippen molar-refractivity contribution in [1.82, 2.24) is 9.21 Å². The SMILES string of the molecule is CC(C)[C@H](C#N)N1CCN(S(=O)(=O)c2cccc(C#N)c2)CC1. The van der Waals surface area contributed by atoms with Crippen LogP contribution < -0.4 is 0 Å². The molecule has 1 aliphatic rings. The molecule has 1 atom stereocenters. The zero-order valence-corrected chi connectivity index (χ0v) is 14.1. The van der Waals surface area contributed by atoms with Crippen molar-refractivity contribution >= 4 is 10.0 Å². The zero-order chi connectivity index (χ0) is 17.0. The first kappa shape index (κ1) is 17.4. The standard InChI is InChI=1S/C16H20N4O2S/c1-13(2)16(12-18)19-6-8-20(9-7-19)23(21,22)15-5-3-4-14(10-15)11-17/h3-5,10,13,16H,6-9H2,1-2H3/t16-/m0/s1. The van der Waals surface area contributed by atoms with Crippen LogP contribution in [0, 0.1) is 28.6 Å². The van der Waals surface area contributed by atoms with Gasteiger partial charge in [0.25, 0.3) is 0 Å². The third-order valence-corrected chi connectivity index (χ3v) is 5.93. The van der Waals surface area contributed by atoms with Gasteiger partial charge in [-0.15, -0.1) is 0 Å². The molecule has 6 nitrogen and oxygen atoms in total. The van der Waals surface area contributed by atoms with Crippen LogP contribution in [0.15, 0.2) is 29.2 Å². The summed E-state index contributed by atoms with van der Waals surface area (Å²) in [5.74, 6) is 0.204. The molecule has 1 fully saturated rings. The molecule has 7 heteroatoms. The van der Waals surface area contributed by atoms with E-state index in [2.05, 4.69) is 6.07 Å². The van der Waals surface area contributed by atoms with Gasteiger partial charge in [-0.2, -0.15) is 14.8 Å². The fraction of sp³-hybridized carbons (Fsp3) is 0.500. The Morgan fingerprint density at radius 2 is 1.78 bits per heavy atom. The van der Waals surface area contributed by atoms with Crippen LogP contribution in [0.4, 0.5) is 0 Å². The monoisotopic (exact) mass is 332 g/mol. The highest BCUT2D eigenvalue weighted by atomic mass is 32.2. The molecule has 2 rings (SSSR count). The highest BCUT2D eigenvalue weighted by molar-refractivity contribution is 7.89. The number of rotatable bonds is 4. The molecule has 122 valence electrons. The highest BCUT2D eigenvalue weighted by Crippen LogP contribution is 2.20. The number of sulfonamides is 1. The number of benzene rings is 1. The van der Waals surface area contributed by atoms with Crippen LogP contribution in [0.25, 0.3) is 0 Å². The molecule has 0 bridgehead atoms. The number of nitrogens with zero attached hydrogens (tertiary/aromatic N) is 4. The lowest BCUT2D eigenvalue weighted by Crippen LogP contribution is -2.52. The average Bonchev–Trinajstić information content (AvgIpc) is 2.55. The Hall–Kier alpha value is -1.93. The molecular formula is C16H20N4O2S. The second-order valence-corrected chi connectivity index (χ2v) is 7.84. The van der Waals surface area contributed by atoms with E-state index in [0.717, 1.165) is 0 Å². The molecule has 0 aromatic heterocycles. The Bertz CT molecular complexity index is 738. The Labute approximate surface area is 137 Å². The van der Waals surface area contributed by atoms with Crippen LogP contribution in [0.1, 0.15) is 19.4 Å². The lowest BCUT2D eigenvalue weighted by atomic mass is 10.0. The smallest absolute Gasteiger partial charge is 0.243 e. The molecule has 0 saturated carbocycles. The Morgan fingerprint density at radius 1 is 1.13 bits per heavy atom. The summed E-state index contributed by atoms with van der Waals surface area (Å²) in [5.41, 5.74) is 0.328. The summed E-state index contributed by atoms with van der Waals surface area (Å²) in [7, 11) is -3.60. The summed E-state index contributed by atoms with van der Waals surface area (Å²) in [5, 5.41) is 18.2. The molecule has 0 radical (unpaired) electrons. The predicted molar refractivity (Wildman–Crippen MR) is 85.7 cm³/mol. The van der Waals surface area contributed by atoms with Crippen LogP contribution in [-0.4, -0.2) is 49.8 Å². The van der Waals surface area contributed by atoms with Crippen LogP contribution in [-0.2, 0) is 10.0 Å². The minimum absolute atomic E-state index is 0.144. The van der Waals surface area contributed by atoms with Gasteiger partial charge in [0.2, 0.25) is 10.0 Å². The second-order valence-electron chi connectivity index (χ2n) is 5.90. The van der Waals surface area contributed by atoms with E-state index >= 15 is 0 Å². The fourth-order valence-electron chi connectivity index (χ4n) is 2.75. The topological polar surface area (TPSA) is 88.2 Å². The van der Waals surface area contributed by atoms with Crippen LogP contribution >= 0.6 is 0 Å². The maximum Gasteiger partial charge on any atom is 0.243 e. The lowest BCUT2D eigenvalue weighted by molar-refractivity contribution is 0.138. The van der Waals surface area contributed by atoms with Gasteiger partial charge < -0.3 is 0 Å². The van der Waals surface area contributed by atoms with E-state index in [4.69, 9.17) is 5.26 Å². The molecule has 1 aromatic carbocycles. The molecule has 1 aromatic rings. The summed E-state index contributed by atoms with van der Waals surface area (Å²) >= 11 is 0. The van der Waals surface area contributed by atoms with E-state index in [0.29, 0.717) is 31.7 Å². The first-order valence-electron chi connectivity index (χ1n) is 7.54. The fourth-order valence-corrected chi connectivity index (χ4v) is 4.22. The quantitative estimate of drug-likeness (QED) is 0.832. The molecule has 1 heterocycles. The van der Waals surface area contributed by atoms with Crippen LogP contribution in [0.3, 0.4) is 0 Å². The summed E-state index contributed by atoms with van der Waals surface area (Å²) in [6.07, 6.45) is 0. The molecule has 1 aliphatic heterocycles. The Balaban J connectivity index is 2.13. The largest absolute Gasteiger partial charge is 0.285 e.